The number of para-hydroxylation sites is 1. The Kier molecular flexibility index (Phi) is 6.52. The first-order chi connectivity index (χ1) is 15.0. The number of nitrogens with zero attached hydrogens (tertiary/aromatic N) is 1. The Hall–Kier alpha value is -2.92. The molecule has 1 fully saturated rings. The van der Waals surface area contributed by atoms with Crippen LogP contribution >= 0.6 is 0 Å². The number of benzene rings is 2. The zero-order valence-electron chi connectivity index (χ0n) is 17.9. The number of likely N-dealkylation sites (tertiary alicyclic amines) is 1. The summed E-state index contributed by atoms with van der Waals surface area (Å²) in [4.78, 5) is 28.1. The van der Waals surface area contributed by atoms with Crippen LogP contribution in [-0.2, 0) is 4.79 Å². The minimum Gasteiger partial charge on any atom is -0.507 e. The van der Waals surface area contributed by atoms with E-state index in [4.69, 9.17) is 4.42 Å². The van der Waals surface area contributed by atoms with Gasteiger partial charge < -0.3 is 14.4 Å². The number of piperidine rings is 1. The maximum absolute atomic E-state index is 13.0. The van der Waals surface area contributed by atoms with Crippen LogP contribution in [0, 0.1) is 5.92 Å². The lowest BCUT2D eigenvalue weighted by Crippen LogP contribution is -2.34. The molecule has 1 aromatic heterocycles. The van der Waals surface area contributed by atoms with E-state index in [-0.39, 0.29) is 23.5 Å². The van der Waals surface area contributed by atoms with Crippen molar-refractivity contribution in [2.75, 3.05) is 19.6 Å². The van der Waals surface area contributed by atoms with Crippen LogP contribution in [0.4, 0.5) is 0 Å². The van der Waals surface area contributed by atoms with Gasteiger partial charge >= 0.3 is 5.63 Å². The van der Waals surface area contributed by atoms with E-state index in [0.717, 1.165) is 31.1 Å². The fraction of sp³-hybridized carbons (Fsp3) is 0.385. The minimum atomic E-state index is -0.595. The zero-order valence-corrected chi connectivity index (χ0v) is 17.9. The van der Waals surface area contributed by atoms with Gasteiger partial charge in [0.2, 0.25) is 0 Å². The Morgan fingerprint density at radius 1 is 1.10 bits per heavy atom. The molecule has 1 N–H and O–H groups in total. The third kappa shape index (κ3) is 4.88. The normalized spacial score (nSPS) is 16.4. The number of ketones is 1. The molecule has 31 heavy (non-hydrogen) atoms. The van der Waals surface area contributed by atoms with Crippen molar-refractivity contribution in [2.45, 2.75) is 38.5 Å². The minimum absolute atomic E-state index is 0.0828. The molecule has 162 valence electrons. The van der Waals surface area contributed by atoms with Crippen molar-refractivity contribution in [3.8, 4) is 5.75 Å². The van der Waals surface area contributed by atoms with E-state index in [1.165, 1.54) is 12.8 Å². The summed E-state index contributed by atoms with van der Waals surface area (Å²) in [6.45, 7) is 5.08. The molecule has 4 rings (SSSR count). The SMILES string of the molecule is CC1CCN(CCC(=O)C[C@H](c2ccccc2)c2c(O)c3ccccc3oc2=O)CC1. The van der Waals surface area contributed by atoms with Crippen molar-refractivity contribution in [1.29, 1.82) is 0 Å². The molecule has 0 radical (unpaired) electrons. The lowest BCUT2D eigenvalue weighted by Gasteiger charge is -2.30. The van der Waals surface area contributed by atoms with E-state index in [0.29, 0.717) is 17.4 Å². The average molecular weight is 420 g/mol. The van der Waals surface area contributed by atoms with Crippen LogP contribution in [0.3, 0.4) is 0 Å². The summed E-state index contributed by atoms with van der Waals surface area (Å²) in [6.07, 6.45) is 2.95. The van der Waals surface area contributed by atoms with Crippen molar-refractivity contribution in [3.05, 3.63) is 76.1 Å². The molecule has 1 saturated heterocycles. The maximum atomic E-state index is 13.0. The van der Waals surface area contributed by atoms with Gasteiger partial charge in [0, 0.05) is 25.3 Å². The lowest BCUT2D eigenvalue weighted by molar-refractivity contribution is -0.119. The van der Waals surface area contributed by atoms with Gasteiger partial charge in [0.1, 0.15) is 17.1 Å². The molecule has 0 amide bonds. The number of fused-ring (bicyclic) bond motifs is 1. The maximum Gasteiger partial charge on any atom is 0.343 e. The van der Waals surface area contributed by atoms with Crippen molar-refractivity contribution in [2.24, 2.45) is 5.92 Å². The fourth-order valence-electron chi connectivity index (χ4n) is 4.43. The summed E-state index contributed by atoms with van der Waals surface area (Å²) in [5, 5.41) is 11.4. The van der Waals surface area contributed by atoms with Gasteiger partial charge in [-0.05, 0) is 49.5 Å². The molecule has 0 spiro atoms. The molecule has 2 aromatic carbocycles. The summed E-state index contributed by atoms with van der Waals surface area (Å²) in [5.41, 5.74) is 0.722. The lowest BCUT2D eigenvalue weighted by atomic mass is 9.86. The molecule has 1 aliphatic heterocycles. The van der Waals surface area contributed by atoms with Crippen molar-refractivity contribution in [1.82, 2.24) is 4.90 Å². The molecule has 0 unspecified atom stereocenters. The van der Waals surface area contributed by atoms with E-state index in [9.17, 15) is 14.7 Å². The van der Waals surface area contributed by atoms with Gasteiger partial charge in [0.25, 0.3) is 0 Å². The summed E-state index contributed by atoms with van der Waals surface area (Å²) in [5.74, 6) is 0.193. The van der Waals surface area contributed by atoms with Gasteiger partial charge in [-0.1, -0.05) is 49.4 Å². The number of hydrogen-bond acceptors (Lipinski definition) is 5. The average Bonchev–Trinajstić information content (AvgIpc) is 2.78. The first-order valence-electron chi connectivity index (χ1n) is 11.1. The van der Waals surface area contributed by atoms with Crippen LogP contribution in [0.1, 0.15) is 49.7 Å². The standard InChI is InChI=1S/C26H29NO4/c1-18-11-14-27(15-12-18)16-13-20(28)17-22(19-7-3-2-4-8-19)24-25(29)21-9-5-6-10-23(21)31-26(24)30/h2-10,18,22,29H,11-17H2,1H3/t22-/m1/s1. The topological polar surface area (TPSA) is 70.8 Å². The molecule has 0 aliphatic carbocycles. The number of carbonyl (C=O) groups is 1. The smallest absolute Gasteiger partial charge is 0.343 e. The Labute approximate surface area is 182 Å². The molecule has 3 aromatic rings. The van der Waals surface area contributed by atoms with Crippen LogP contribution in [0.5, 0.6) is 5.75 Å². The molecule has 0 saturated carbocycles. The van der Waals surface area contributed by atoms with E-state index in [2.05, 4.69) is 11.8 Å². The molecule has 5 heteroatoms. The summed E-state index contributed by atoms with van der Waals surface area (Å²) >= 11 is 0. The molecule has 2 heterocycles. The van der Waals surface area contributed by atoms with E-state index < -0.39 is 11.5 Å². The first-order valence-corrected chi connectivity index (χ1v) is 11.1. The Morgan fingerprint density at radius 3 is 2.52 bits per heavy atom. The van der Waals surface area contributed by atoms with Crippen molar-refractivity contribution in [3.63, 3.8) is 0 Å². The van der Waals surface area contributed by atoms with Crippen LogP contribution in [0.2, 0.25) is 0 Å². The summed E-state index contributed by atoms with van der Waals surface area (Å²) in [6, 6.07) is 16.3. The largest absolute Gasteiger partial charge is 0.507 e. The van der Waals surface area contributed by atoms with Gasteiger partial charge in [-0.25, -0.2) is 4.79 Å². The van der Waals surface area contributed by atoms with Gasteiger partial charge in [-0.2, -0.15) is 0 Å². The second-order valence-corrected chi connectivity index (χ2v) is 8.63. The monoisotopic (exact) mass is 419 g/mol. The number of rotatable bonds is 7. The third-order valence-corrected chi connectivity index (χ3v) is 6.39. The van der Waals surface area contributed by atoms with Gasteiger partial charge in [-0.3, -0.25) is 4.79 Å². The number of Topliss-reactive ketones (excluding diaryl/α,β-unsaturated/α-hetero) is 1. The Morgan fingerprint density at radius 2 is 1.77 bits per heavy atom. The molecule has 1 atom stereocenters. The molecule has 1 aliphatic rings. The number of carbonyl (C=O) groups excluding carboxylic acids is 1. The van der Waals surface area contributed by atoms with E-state index >= 15 is 0 Å². The highest BCUT2D eigenvalue weighted by Gasteiger charge is 2.27. The Balaban J connectivity index is 1.60. The highest BCUT2D eigenvalue weighted by molar-refractivity contribution is 5.85. The predicted molar refractivity (Wildman–Crippen MR) is 122 cm³/mol. The van der Waals surface area contributed by atoms with Crippen LogP contribution in [0.15, 0.2) is 63.8 Å². The van der Waals surface area contributed by atoms with Crippen LogP contribution < -0.4 is 5.63 Å². The molecule has 5 nitrogen and oxygen atoms in total. The van der Waals surface area contributed by atoms with Crippen molar-refractivity contribution < 1.29 is 14.3 Å². The first kappa shape index (κ1) is 21.3. The predicted octanol–water partition coefficient (Wildman–Crippen LogP) is 4.71. The third-order valence-electron chi connectivity index (χ3n) is 6.39. The van der Waals surface area contributed by atoms with Gasteiger partial charge in [-0.15, -0.1) is 0 Å². The zero-order chi connectivity index (χ0) is 21.8. The summed E-state index contributed by atoms with van der Waals surface area (Å²) < 4.78 is 5.49. The fourth-order valence-corrected chi connectivity index (χ4v) is 4.43. The van der Waals surface area contributed by atoms with Gasteiger partial charge in [0.05, 0.1) is 10.9 Å². The molecular formula is C26H29NO4. The van der Waals surface area contributed by atoms with Crippen LogP contribution in [0.25, 0.3) is 11.0 Å². The highest BCUT2D eigenvalue weighted by atomic mass is 16.4. The van der Waals surface area contributed by atoms with E-state index in [1.807, 2.05) is 30.3 Å². The second kappa shape index (κ2) is 9.48. The number of hydrogen-bond donors (Lipinski definition) is 1. The van der Waals surface area contributed by atoms with Crippen molar-refractivity contribution >= 4 is 16.8 Å². The van der Waals surface area contributed by atoms with Gasteiger partial charge in [0.15, 0.2) is 0 Å². The van der Waals surface area contributed by atoms with Crippen LogP contribution in [-0.4, -0.2) is 35.4 Å². The van der Waals surface area contributed by atoms with E-state index in [1.54, 1.807) is 24.3 Å². The molecular weight excluding hydrogens is 390 g/mol. The molecule has 0 bridgehead atoms. The quantitative estimate of drug-likeness (QED) is 0.562. The second-order valence-electron chi connectivity index (χ2n) is 8.63. The summed E-state index contributed by atoms with van der Waals surface area (Å²) in [7, 11) is 0. The highest BCUT2D eigenvalue weighted by Crippen LogP contribution is 2.36. The number of aromatic hydroxyl groups is 1. The Bertz CT molecular complexity index is 1100.